The summed E-state index contributed by atoms with van der Waals surface area (Å²) in [6.45, 7) is 16.2. The molecule has 1 aromatic heterocycles. The molecule has 0 spiro atoms. The maximum atomic E-state index is 12.7. The summed E-state index contributed by atoms with van der Waals surface area (Å²) in [5, 5.41) is 6.97. The maximum absolute atomic E-state index is 12.7. The molecule has 1 heterocycles. The molecule has 0 aliphatic rings. The summed E-state index contributed by atoms with van der Waals surface area (Å²) in [6, 6.07) is 7.08. The van der Waals surface area contributed by atoms with Crippen LogP contribution >= 0.6 is 0 Å². The third kappa shape index (κ3) is 11.4. The Bertz CT molecular complexity index is 1010. The van der Waals surface area contributed by atoms with Crippen molar-refractivity contribution in [1.82, 2.24) is 20.4 Å². The lowest BCUT2D eigenvalue weighted by molar-refractivity contribution is 0.0214. The number of alkyl carbamates (subject to hydrolysis) is 1. The third-order valence-electron chi connectivity index (χ3n) is 5.09. The summed E-state index contributed by atoms with van der Waals surface area (Å²) in [6.07, 6.45) is 2.15. The normalized spacial score (nSPS) is 12.5. The summed E-state index contributed by atoms with van der Waals surface area (Å²) in [5.41, 5.74) is -0.341. The van der Waals surface area contributed by atoms with Crippen LogP contribution in [0.25, 0.3) is 0 Å². The van der Waals surface area contributed by atoms with E-state index in [1.807, 2.05) is 52.0 Å². The van der Waals surface area contributed by atoms with Gasteiger partial charge in [-0.1, -0.05) is 37.6 Å². The smallest absolute Gasteiger partial charge is 0.410 e. The molecule has 0 saturated carbocycles. The van der Waals surface area contributed by atoms with Crippen molar-refractivity contribution in [3.63, 3.8) is 0 Å². The van der Waals surface area contributed by atoms with E-state index in [0.717, 1.165) is 30.6 Å². The number of aromatic nitrogens is 2. The van der Waals surface area contributed by atoms with Gasteiger partial charge in [0.1, 0.15) is 23.5 Å². The van der Waals surface area contributed by atoms with E-state index in [1.165, 1.54) is 4.90 Å². The molecule has 2 rings (SSSR count). The first-order valence-corrected chi connectivity index (χ1v) is 13.3. The van der Waals surface area contributed by atoms with Crippen molar-refractivity contribution in [3.8, 4) is 5.75 Å². The topological polar surface area (TPSA) is 116 Å². The third-order valence-corrected chi connectivity index (χ3v) is 5.09. The number of ether oxygens (including phenoxy) is 3. The lowest BCUT2D eigenvalue weighted by Crippen LogP contribution is -2.37. The SMILES string of the molecule is CCCCOc1ccc(CC(NC(=O)OC(C)(C)C)c2noc(CN(CCC)C(=O)OC(C)(C)C)n2)cc1. The van der Waals surface area contributed by atoms with Gasteiger partial charge in [0.2, 0.25) is 5.89 Å². The minimum Gasteiger partial charge on any atom is -0.494 e. The molecule has 10 nitrogen and oxygen atoms in total. The first-order chi connectivity index (χ1) is 17.8. The van der Waals surface area contributed by atoms with E-state index in [4.69, 9.17) is 18.7 Å². The monoisotopic (exact) mass is 532 g/mol. The largest absolute Gasteiger partial charge is 0.494 e. The molecule has 1 aromatic carbocycles. The Morgan fingerprint density at radius 3 is 2.24 bits per heavy atom. The Morgan fingerprint density at radius 1 is 1.00 bits per heavy atom. The minimum absolute atomic E-state index is 0.0959. The fourth-order valence-corrected chi connectivity index (χ4v) is 3.42. The number of rotatable bonds is 12. The maximum Gasteiger partial charge on any atom is 0.410 e. The van der Waals surface area contributed by atoms with Crippen LogP contribution in [0.3, 0.4) is 0 Å². The van der Waals surface area contributed by atoms with Crippen molar-refractivity contribution < 1.29 is 28.3 Å². The Morgan fingerprint density at radius 2 is 1.66 bits per heavy atom. The van der Waals surface area contributed by atoms with E-state index in [-0.39, 0.29) is 18.3 Å². The zero-order valence-electron chi connectivity index (χ0n) is 24.1. The fourth-order valence-electron chi connectivity index (χ4n) is 3.42. The van der Waals surface area contributed by atoms with Crippen molar-refractivity contribution in [1.29, 1.82) is 0 Å². The number of carbonyl (C=O) groups excluding carboxylic acids is 2. The zero-order chi connectivity index (χ0) is 28.3. The van der Waals surface area contributed by atoms with E-state index in [1.54, 1.807) is 20.8 Å². The number of nitrogens with one attached hydrogen (secondary N) is 1. The number of hydrogen-bond donors (Lipinski definition) is 1. The highest BCUT2D eigenvalue weighted by atomic mass is 16.6. The first kappa shape index (κ1) is 30.9. The fraction of sp³-hybridized carbons (Fsp3) is 0.643. The van der Waals surface area contributed by atoms with Crippen LogP contribution in [-0.4, -0.2) is 51.6 Å². The van der Waals surface area contributed by atoms with Crippen LogP contribution < -0.4 is 10.1 Å². The second kappa shape index (κ2) is 14.0. The van der Waals surface area contributed by atoms with E-state index in [9.17, 15) is 9.59 Å². The molecule has 0 aliphatic carbocycles. The summed E-state index contributed by atoms with van der Waals surface area (Å²) in [7, 11) is 0. The van der Waals surface area contributed by atoms with Gasteiger partial charge in [-0.25, -0.2) is 9.59 Å². The highest BCUT2D eigenvalue weighted by Gasteiger charge is 2.27. The van der Waals surface area contributed by atoms with Crippen molar-refractivity contribution in [2.75, 3.05) is 13.2 Å². The van der Waals surface area contributed by atoms with Gasteiger partial charge < -0.3 is 24.1 Å². The van der Waals surface area contributed by atoms with E-state index < -0.39 is 29.4 Å². The molecule has 1 unspecified atom stereocenters. The molecule has 0 aliphatic heterocycles. The van der Waals surface area contributed by atoms with E-state index in [0.29, 0.717) is 19.6 Å². The molecule has 1 atom stereocenters. The predicted molar refractivity (Wildman–Crippen MR) is 144 cm³/mol. The number of carbonyl (C=O) groups is 2. The first-order valence-electron chi connectivity index (χ1n) is 13.3. The van der Waals surface area contributed by atoms with Gasteiger partial charge in [-0.3, -0.25) is 4.90 Å². The van der Waals surface area contributed by atoms with Crippen molar-refractivity contribution in [2.24, 2.45) is 0 Å². The van der Waals surface area contributed by atoms with Gasteiger partial charge in [-0.15, -0.1) is 0 Å². The molecule has 0 saturated heterocycles. The van der Waals surface area contributed by atoms with E-state index >= 15 is 0 Å². The number of hydrogen-bond acceptors (Lipinski definition) is 8. The van der Waals surface area contributed by atoms with Gasteiger partial charge in [0.25, 0.3) is 0 Å². The van der Waals surface area contributed by atoms with Gasteiger partial charge in [0, 0.05) is 13.0 Å². The molecular formula is C28H44N4O6. The van der Waals surface area contributed by atoms with Crippen LogP contribution in [0.5, 0.6) is 5.75 Å². The van der Waals surface area contributed by atoms with Gasteiger partial charge in [0.05, 0.1) is 12.6 Å². The zero-order valence-corrected chi connectivity index (χ0v) is 24.1. The van der Waals surface area contributed by atoms with Gasteiger partial charge >= 0.3 is 12.2 Å². The second-order valence-corrected chi connectivity index (χ2v) is 11.2. The molecule has 0 fully saturated rings. The minimum atomic E-state index is -0.664. The van der Waals surface area contributed by atoms with Gasteiger partial charge in [-0.05, 0) is 72.1 Å². The average molecular weight is 533 g/mol. The molecule has 1 N–H and O–H groups in total. The summed E-state index contributed by atoms with van der Waals surface area (Å²) in [4.78, 5) is 31.3. The molecule has 2 aromatic rings. The Balaban J connectivity index is 2.20. The highest BCUT2D eigenvalue weighted by Crippen LogP contribution is 2.21. The summed E-state index contributed by atoms with van der Waals surface area (Å²) in [5.74, 6) is 1.32. The molecular weight excluding hydrogens is 488 g/mol. The lowest BCUT2D eigenvalue weighted by Gasteiger charge is -2.26. The second-order valence-electron chi connectivity index (χ2n) is 11.2. The Hall–Kier alpha value is -3.30. The van der Waals surface area contributed by atoms with Crippen LogP contribution in [0.4, 0.5) is 9.59 Å². The molecule has 2 amide bonds. The molecule has 0 radical (unpaired) electrons. The van der Waals surface area contributed by atoms with Crippen LogP contribution in [0.15, 0.2) is 28.8 Å². The lowest BCUT2D eigenvalue weighted by atomic mass is 10.1. The molecule has 38 heavy (non-hydrogen) atoms. The number of amides is 2. The van der Waals surface area contributed by atoms with Crippen LogP contribution in [0.1, 0.15) is 98.0 Å². The van der Waals surface area contributed by atoms with Gasteiger partial charge in [-0.2, -0.15) is 4.98 Å². The number of nitrogens with zero attached hydrogens (tertiary/aromatic N) is 3. The quantitative estimate of drug-likeness (QED) is 0.321. The van der Waals surface area contributed by atoms with Crippen molar-refractivity contribution >= 4 is 12.2 Å². The summed E-state index contributed by atoms with van der Waals surface area (Å²) < 4.78 is 22.2. The molecule has 212 valence electrons. The Labute approximate surface area is 226 Å². The molecule has 10 heteroatoms. The summed E-state index contributed by atoms with van der Waals surface area (Å²) >= 11 is 0. The van der Waals surface area contributed by atoms with Crippen LogP contribution in [0, 0.1) is 0 Å². The van der Waals surface area contributed by atoms with Crippen LogP contribution in [-0.2, 0) is 22.4 Å². The Kier molecular flexibility index (Phi) is 11.4. The van der Waals surface area contributed by atoms with Crippen molar-refractivity contribution in [2.45, 2.75) is 105 Å². The highest BCUT2D eigenvalue weighted by molar-refractivity contribution is 5.68. The van der Waals surface area contributed by atoms with Crippen molar-refractivity contribution in [3.05, 3.63) is 41.5 Å². The number of unbranched alkanes of at least 4 members (excludes halogenated alkanes) is 1. The standard InChI is InChI=1S/C28H44N4O6/c1-9-11-17-35-21-14-12-20(13-15-21)18-22(29-25(33)36-27(3,4)5)24-30-23(38-31-24)19-32(16-10-2)26(34)37-28(6,7)8/h12-15,22H,9-11,16-19H2,1-8H3,(H,29,33). The number of benzene rings is 1. The molecule has 0 bridgehead atoms. The van der Waals surface area contributed by atoms with E-state index in [2.05, 4.69) is 22.4 Å². The predicted octanol–water partition coefficient (Wildman–Crippen LogP) is 6.20. The average Bonchev–Trinajstić information content (AvgIpc) is 3.26. The van der Waals surface area contributed by atoms with Gasteiger partial charge in [0.15, 0.2) is 5.82 Å². The van der Waals surface area contributed by atoms with Crippen LogP contribution in [0.2, 0.25) is 0 Å².